The van der Waals surface area contributed by atoms with Gasteiger partial charge >= 0.3 is 0 Å². The highest BCUT2D eigenvalue weighted by Gasteiger charge is 2.10. The molecule has 1 aromatic carbocycles. The summed E-state index contributed by atoms with van der Waals surface area (Å²) in [6.07, 6.45) is 1.40. The molecule has 18 heavy (non-hydrogen) atoms. The molecular weight excluding hydrogens is 224 g/mol. The van der Waals surface area contributed by atoms with Crippen LogP contribution in [-0.2, 0) is 4.79 Å². The molecule has 3 N–H and O–H groups in total. The molecule has 3 nitrogen and oxygen atoms in total. The molecule has 0 saturated heterocycles. The molecule has 0 fully saturated rings. The first-order valence-corrected chi connectivity index (χ1v) is 6.59. The van der Waals surface area contributed by atoms with E-state index in [1.165, 1.54) is 5.56 Å². The molecule has 0 spiro atoms. The van der Waals surface area contributed by atoms with Gasteiger partial charge in [0.25, 0.3) is 0 Å². The fourth-order valence-corrected chi connectivity index (χ4v) is 1.75. The molecule has 0 heterocycles. The van der Waals surface area contributed by atoms with Gasteiger partial charge in [-0.2, -0.15) is 0 Å². The average molecular weight is 248 g/mol. The van der Waals surface area contributed by atoms with Gasteiger partial charge in [-0.15, -0.1) is 0 Å². The van der Waals surface area contributed by atoms with Crippen LogP contribution in [0.5, 0.6) is 0 Å². The lowest BCUT2D eigenvalue weighted by Gasteiger charge is -2.15. The van der Waals surface area contributed by atoms with Crippen molar-refractivity contribution < 1.29 is 4.79 Å². The molecule has 0 bridgehead atoms. The van der Waals surface area contributed by atoms with E-state index in [0.29, 0.717) is 18.9 Å². The highest BCUT2D eigenvalue weighted by Crippen LogP contribution is 2.13. The summed E-state index contributed by atoms with van der Waals surface area (Å²) in [5.74, 6) is 0.508. The molecule has 0 aromatic heterocycles. The third-order valence-corrected chi connectivity index (χ3v) is 3.22. The number of hydrogen-bond donors (Lipinski definition) is 2. The van der Waals surface area contributed by atoms with Crippen LogP contribution in [0.3, 0.4) is 0 Å². The maximum Gasteiger partial charge on any atom is 0.220 e. The molecule has 0 aliphatic carbocycles. The van der Waals surface area contributed by atoms with Crippen LogP contribution in [0, 0.1) is 12.8 Å². The van der Waals surface area contributed by atoms with Gasteiger partial charge in [0.15, 0.2) is 0 Å². The van der Waals surface area contributed by atoms with Gasteiger partial charge in [-0.05, 0) is 38.3 Å². The largest absolute Gasteiger partial charge is 0.350 e. The smallest absolute Gasteiger partial charge is 0.220 e. The maximum atomic E-state index is 11.8. The minimum atomic E-state index is 0.0614. The first-order valence-electron chi connectivity index (χ1n) is 6.59. The van der Waals surface area contributed by atoms with Gasteiger partial charge in [0, 0.05) is 6.42 Å². The number of rotatable bonds is 6. The van der Waals surface area contributed by atoms with Crippen molar-refractivity contribution in [1.29, 1.82) is 0 Å². The Morgan fingerprint density at radius 2 is 1.89 bits per heavy atom. The van der Waals surface area contributed by atoms with Crippen LogP contribution in [0.15, 0.2) is 24.3 Å². The molecule has 3 heteroatoms. The fraction of sp³-hybridized carbons (Fsp3) is 0.533. The SMILES string of the molecule is Cc1ccc(C(C)NC(=O)CCC(C)CN)cc1. The Kier molecular flexibility index (Phi) is 5.86. The van der Waals surface area contributed by atoms with Gasteiger partial charge in [0.2, 0.25) is 5.91 Å². The zero-order valence-corrected chi connectivity index (χ0v) is 11.6. The second-order valence-electron chi connectivity index (χ2n) is 5.08. The lowest BCUT2D eigenvalue weighted by molar-refractivity contribution is -0.122. The van der Waals surface area contributed by atoms with E-state index in [4.69, 9.17) is 5.73 Å². The van der Waals surface area contributed by atoms with E-state index in [1.54, 1.807) is 0 Å². The first kappa shape index (κ1) is 14.7. The lowest BCUT2D eigenvalue weighted by Crippen LogP contribution is -2.27. The molecule has 0 aliphatic heterocycles. The number of amides is 1. The van der Waals surface area contributed by atoms with Crippen LogP contribution in [0.1, 0.15) is 43.9 Å². The number of benzene rings is 1. The second kappa shape index (κ2) is 7.17. The van der Waals surface area contributed by atoms with E-state index in [-0.39, 0.29) is 11.9 Å². The zero-order chi connectivity index (χ0) is 13.5. The van der Waals surface area contributed by atoms with Crippen molar-refractivity contribution in [2.75, 3.05) is 6.54 Å². The van der Waals surface area contributed by atoms with E-state index in [2.05, 4.69) is 43.4 Å². The summed E-state index contributed by atoms with van der Waals surface area (Å²) in [7, 11) is 0. The normalized spacial score (nSPS) is 14.0. The van der Waals surface area contributed by atoms with Crippen LogP contribution in [0.25, 0.3) is 0 Å². The summed E-state index contributed by atoms with van der Waals surface area (Å²) in [6.45, 7) is 6.77. The third-order valence-electron chi connectivity index (χ3n) is 3.22. The number of carbonyl (C=O) groups is 1. The van der Waals surface area contributed by atoms with Crippen LogP contribution < -0.4 is 11.1 Å². The number of carbonyl (C=O) groups excluding carboxylic acids is 1. The summed E-state index contributed by atoms with van der Waals surface area (Å²) >= 11 is 0. The van der Waals surface area contributed by atoms with E-state index >= 15 is 0 Å². The van der Waals surface area contributed by atoms with Gasteiger partial charge in [-0.25, -0.2) is 0 Å². The molecule has 1 amide bonds. The summed E-state index contributed by atoms with van der Waals surface area (Å²) in [5, 5.41) is 3.02. The molecule has 0 aliphatic rings. The van der Waals surface area contributed by atoms with Gasteiger partial charge in [-0.3, -0.25) is 4.79 Å². The molecule has 2 atom stereocenters. The van der Waals surface area contributed by atoms with Crippen molar-refractivity contribution in [1.82, 2.24) is 5.32 Å². The van der Waals surface area contributed by atoms with Gasteiger partial charge in [0.1, 0.15) is 0 Å². The van der Waals surface area contributed by atoms with E-state index in [9.17, 15) is 4.79 Å². The monoisotopic (exact) mass is 248 g/mol. The Labute approximate surface area is 110 Å². The van der Waals surface area contributed by atoms with Gasteiger partial charge in [0.05, 0.1) is 6.04 Å². The Bertz CT molecular complexity index is 373. The second-order valence-corrected chi connectivity index (χ2v) is 5.08. The Balaban J connectivity index is 2.42. The number of nitrogens with one attached hydrogen (secondary N) is 1. The number of hydrogen-bond acceptors (Lipinski definition) is 2. The van der Waals surface area contributed by atoms with Gasteiger partial charge in [-0.1, -0.05) is 36.8 Å². The minimum Gasteiger partial charge on any atom is -0.350 e. The molecule has 1 rings (SSSR count). The highest BCUT2D eigenvalue weighted by molar-refractivity contribution is 5.76. The zero-order valence-electron chi connectivity index (χ0n) is 11.6. The maximum absolute atomic E-state index is 11.8. The number of nitrogens with two attached hydrogens (primary N) is 1. The molecule has 0 saturated carbocycles. The molecular formula is C15H24N2O. The summed E-state index contributed by atoms with van der Waals surface area (Å²) < 4.78 is 0. The van der Waals surface area contributed by atoms with Crippen LogP contribution in [0.2, 0.25) is 0 Å². The quantitative estimate of drug-likeness (QED) is 0.813. The Morgan fingerprint density at radius 1 is 1.28 bits per heavy atom. The van der Waals surface area contributed by atoms with Crippen molar-refractivity contribution in [2.24, 2.45) is 11.7 Å². The molecule has 1 aromatic rings. The topological polar surface area (TPSA) is 55.1 Å². The fourth-order valence-electron chi connectivity index (χ4n) is 1.75. The minimum absolute atomic E-state index is 0.0614. The third kappa shape index (κ3) is 4.88. The number of aryl methyl sites for hydroxylation is 1. The van der Waals surface area contributed by atoms with E-state index in [0.717, 1.165) is 12.0 Å². The van der Waals surface area contributed by atoms with Crippen LogP contribution >= 0.6 is 0 Å². The standard InChI is InChI=1S/C15H24N2O/c1-11-4-7-14(8-5-11)13(3)17-15(18)9-6-12(2)10-16/h4-5,7-8,12-13H,6,9-10,16H2,1-3H3,(H,17,18). The van der Waals surface area contributed by atoms with Crippen molar-refractivity contribution in [3.8, 4) is 0 Å². The van der Waals surface area contributed by atoms with E-state index < -0.39 is 0 Å². The van der Waals surface area contributed by atoms with E-state index in [1.807, 2.05) is 6.92 Å². The predicted octanol–water partition coefficient (Wildman–Crippen LogP) is 2.55. The summed E-state index contributed by atoms with van der Waals surface area (Å²) in [5.41, 5.74) is 7.90. The first-order chi connectivity index (χ1) is 8.52. The lowest BCUT2D eigenvalue weighted by atomic mass is 10.0. The van der Waals surface area contributed by atoms with Crippen molar-refractivity contribution in [2.45, 2.75) is 39.7 Å². The predicted molar refractivity (Wildman–Crippen MR) is 75.2 cm³/mol. The van der Waals surface area contributed by atoms with Crippen LogP contribution in [-0.4, -0.2) is 12.5 Å². The van der Waals surface area contributed by atoms with Gasteiger partial charge < -0.3 is 11.1 Å². The van der Waals surface area contributed by atoms with Crippen LogP contribution in [0.4, 0.5) is 0 Å². The summed E-state index contributed by atoms with van der Waals surface area (Å²) in [6, 6.07) is 8.31. The Hall–Kier alpha value is -1.35. The highest BCUT2D eigenvalue weighted by atomic mass is 16.1. The average Bonchev–Trinajstić information content (AvgIpc) is 2.36. The molecule has 2 unspecified atom stereocenters. The van der Waals surface area contributed by atoms with Crippen molar-refractivity contribution in [3.05, 3.63) is 35.4 Å². The van der Waals surface area contributed by atoms with Crippen molar-refractivity contribution >= 4 is 5.91 Å². The van der Waals surface area contributed by atoms with Crippen molar-refractivity contribution in [3.63, 3.8) is 0 Å². The molecule has 0 radical (unpaired) electrons. The molecule has 100 valence electrons. The summed E-state index contributed by atoms with van der Waals surface area (Å²) in [4.78, 5) is 11.8. The Morgan fingerprint density at radius 3 is 2.44 bits per heavy atom.